The van der Waals surface area contributed by atoms with Crippen molar-refractivity contribution in [2.24, 2.45) is 5.73 Å². The summed E-state index contributed by atoms with van der Waals surface area (Å²) in [6.45, 7) is 0. The van der Waals surface area contributed by atoms with Gasteiger partial charge in [0.15, 0.2) is 0 Å². The Balaban J connectivity index is 1.91. The van der Waals surface area contributed by atoms with Gasteiger partial charge in [-0.25, -0.2) is 4.98 Å². The van der Waals surface area contributed by atoms with Crippen molar-refractivity contribution in [3.63, 3.8) is 0 Å². The van der Waals surface area contributed by atoms with Crippen LogP contribution in [0.25, 0.3) is 5.69 Å². The highest BCUT2D eigenvalue weighted by Crippen LogP contribution is 2.31. The smallest absolute Gasteiger partial charge is 0.250 e. The van der Waals surface area contributed by atoms with Crippen molar-refractivity contribution in [1.29, 1.82) is 0 Å². The van der Waals surface area contributed by atoms with E-state index in [4.69, 9.17) is 17.3 Å². The molecule has 0 unspecified atom stereocenters. The molecule has 0 fully saturated rings. The zero-order valence-corrected chi connectivity index (χ0v) is 14.5. The zero-order valence-electron chi connectivity index (χ0n) is 11.3. The number of carbonyl (C=O) groups is 1. The predicted molar refractivity (Wildman–Crippen MR) is 88.7 cm³/mol. The van der Waals surface area contributed by atoms with Crippen molar-refractivity contribution >= 4 is 45.2 Å². The number of benzene rings is 1. The Morgan fingerprint density at radius 3 is 2.70 bits per heavy atom. The molecule has 1 aromatic carbocycles. The number of carbonyl (C=O) groups excluding carboxylic acids is 1. The summed E-state index contributed by atoms with van der Waals surface area (Å²) in [5.74, 6) is -0.587. The Hall–Kier alpha value is -1.97. The molecule has 2 N–H and O–H groups in total. The molecule has 0 aliphatic heterocycles. The van der Waals surface area contributed by atoms with Gasteiger partial charge < -0.3 is 5.73 Å². The molecule has 2 aromatic heterocycles. The second-order valence-corrected chi connectivity index (χ2v) is 6.61. The average molecular weight is 412 g/mol. The molecule has 0 aliphatic carbocycles. The van der Waals surface area contributed by atoms with Crippen LogP contribution >= 0.6 is 39.3 Å². The minimum atomic E-state index is -0.587. The summed E-state index contributed by atoms with van der Waals surface area (Å²) >= 11 is 10.7. The minimum Gasteiger partial charge on any atom is -0.366 e. The van der Waals surface area contributed by atoms with E-state index in [1.165, 1.54) is 24.0 Å². The first-order valence-corrected chi connectivity index (χ1v) is 8.21. The molecule has 0 bridgehead atoms. The average Bonchev–Trinajstić information content (AvgIpc) is 2.98. The Morgan fingerprint density at radius 2 is 2.04 bits per heavy atom. The molecule has 3 rings (SSSR count). The number of halogens is 2. The summed E-state index contributed by atoms with van der Waals surface area (Å²) in [6, 6.07) is 8.98. The first-order valence-electron chi connectivity index (χ1n) is 6.22. The van der Waals surface area contributed by atoms with Gasteiger partial charge in [0.25, 0.3) is 0 Å². The molecule has 0 aliphatic rings. The fourth-order valence-electron chi connectivity index (χ4n) is 1.71. The summed E-state index contributed by atoms with van der Waals surface area (Å²) in [5, 5.41) is 12.9. The van der Waals surface area contributed by atoms with Crippen LogP contribution in [-0.4, -0.2) is 31.1 Å². The number of nitrogens with two attached hydrogens (primary N) is 1. The van der Waals surface area contributed by atoms with Crippen LogP contribution in [0.5, 0.6) is 0 Å². The van der Waals surface area contributed by atoms with Gasteiger partial charge in [-0.2, -0.15) is 4.68 Å². The van der Waals surface area contributed by atoms with E-state index in [1.807, 2.05) is 24.3 Å². The number of tetrazole rings is 1. The Kier molecular flexibility index (Phi) is 4.60. The van der Waals surface area contributed by atoms with Crippen LogP contribution in [0.2, 0.25) is 5.02 Å². The molecule has 2 heterocycles. The van der Waals surface area contributed by atoms with Crippen molar-refractivity contribution in [2.45, 2.75) is 10.2 Å². The molecule has 10 heteroatoms. The van der Waals surface area contributed by atoms with Gasteiger partial charge in [0, 0.05) is 10.7 Å². The molecular formula is C13H8BrClN6OS. The second-order valence-electron chi connectivity index (χ2n) is 4.33. The van der Waals surface area contributed by atoms with Crippen molar-refractivity contribution in [3.05, 3.63) is 51.6 Å². The lowest BCUT2D eigenvalue weighted by Crippen LogP contribution is -2.11. The molecule has 0 saturated heterocycles. The molecule has 0 spiro atoms. The van der Waals surface area contributed by atoms with E-state index in [9.17, 15) is 4.79 Å². The van der Waals surface area contributed by atoms with E-state index in [1.54, 1.807) is 4.68 Å². The van der Waals surface area contributed by atoms with Crippen molar-refractivity contribution < 1.29 is 4.79 Å². The molecule has 23 heavy (non-hydrogen) atoms. The van der Waals surface area contributed by atoms with E-state index in [0.29, 0.717) is 15.2 Å². The molecular weight excluding hydrogens is 404 g/mol. The normalized spacial score (nSPS) is 10.7. The maximum Gasteiger partial charge on any atom is 0.250 e. The number of nitrogens with zero attached hydrogens (tertiary/aromatic N) is 5. The SMILES string of the molecule is NC(=O)c1cnc(Sc2nnnn2-c2ccc(Br)cc2)c(Cl)c1. The van der Waals surface area contributed by atoms with Crippen molar-refractivity contribution in [1.82, 2.24) is 25.2 Å². The number of amides is 1. The van der Waals surface area contributed by atoms with Crippen LogP contribution < -0.4 is 5.73 Å². The summed E-state index contributed by atoms with van der Waals surface area (Å²) < 4.78 is 2.52. The Morgan fingerprint density at radius 1 is 1.30 bits per heavy atom. The van der Waals surface area contributed by atoms with Gasteiger partial charge in [0.2, 0.25) is 11.1 Å². The first-order chi connectivity index (χ1) is 11.0. The van der Waals surface area contributed by atoms with Crippen molar-refractivity contribution in [2.75, 3.05) is 0 Å². The third-order valence-corrected chi connectivity index (χ3v) is 4.68. The monoisotopic (exact) mass is 410 g/mol. The maximum absolute atomic E-state index is 11.1. The summed E-state index contributed by atoms with van der Waals surface area (Å²) in [6.07, 6.45) is 1.37. The van der Waals surface area contributed by atoms with Crippen LogP contribution in [0.4, 0.5) is 0 Å². The van der Waals surface area contributed by atoms with Crippen LogP contribution in [0.1, 0.15) is 10.4 Å². The van der Waals surface area contributed by atoms with Crippen molar-refractivity contribution in [3.8, 4) is 5.69 Å². The van der Waals surface area contributed by atoms with Gasteiger partial charge in [-0.3, -0.25) is 4.79 Å². The summed E-state index contributed by atoms with van der Waals surface area (Å²) in [5.41, 5.74) is 6.24. The maximum atomic E-state index is 11.1. The summed E-state index contributed by atoms with van der Waals surface area (Å²) in [7, 11) is 0. The molecule has 0 radical (unpaired) electrons. The third kappa shape index (κ3) is 3.52. The van der Waals surface area contributed by atoms with Crippen LogP contribution in [0, 0.1) is 0 Å². The standard InChI is InChI=1S/C13H8BrClN6OS/c14-8-1-3-9(4-2-8)21-13(18-19-20-21)23-12-10(15)5-7(6-17-12)11(16)22/h1-6H,(H2,16,22). The van der Waals surface area contributed by atoms with Gasteiger partial charge >= 0.3 is 0 Å². The number of pyridine rings is 1. The lowest BCUT2D eigenvalue weighted by atomic mass is 10.3. The molecule has 1 amide bonds. The van der Waals surface area contributed by atoms with Crippen LogP contribution in [-0.2, 0) is 0 Å². The van der Waals surface area contributed by atoms with E-state index in [-0.39, 0.29) is 5.56 Å². The number of hydrogen-bond donors (Lipinski definition) is 1. The highest BCUT2D eigenvalue weighted by Gasteiger charge is 2.14. The van der Waals surface area contributed by atoms with E-state index in [0.717, 1.165) is 10.2 Å². The van der Waals surface area contributed by atoms with E-state index in [2.05, 4.69) is 36.4 Å². The molecule has 3 aromatic rings. The van der Waals surface area contributed by atoms with E-state index >= 15 is 0 Å². The second kappa shape index (κ2) is 6.65. The number of hydrogen-bond acceptors (Lipinski definition) is 6. The third-order valence-electron chi connectivity index (χ3n) is 2.79. The van der Waals surface area contributed by atoms with Gasteiger partial charge in [0.05, 0.1) is 16.3 Å². The Bertz CT molecular complexity index is 869. The molecule has 116 valence electrons. The van der Waals surface area contributed by atoms with E-state index < -0.39 is 5.91 Å². The topological polar surface area (TPSA) is 99.6 Å². The van der Waals surface area contributed by atoms with Crippen LogP contribution in [0.15, 0.2) is 51.2 Å². The van der Waals surface area contributed by atoms with Crippen LogP contribution in [0.3, 0.4) is 0 Å². The highest BCUT2D eigenvalue weighted by atomic mass is 79.9. The summed E-state index contributed by atoms with van der Waals surface area (Å²) in [4.78, 5) is 15.3. The predicted octanol–water partition coefficient (Wildman–Crippen LogP) is 2.72. The molecule has 0 saturated carbocycles. The highest BCUT2D eigenvalue weighted by molar-refractivity contribution is 9.10. The van der Waals surface area contributed by atoms with Gasteiger partial charge in [-0.1, -0.05) is 27.5 Å². The fourth-order valence-corrected chi connectivity index (χ4v) is 3.00. The minimum absolute atomic E-state index is 0.242. The van der Waals surface area contributed by atoms with Gasteiger partial charge in [-0.15, -0.1) is 5.10 Å². The lowest BCUT2D eigenvalue weighted by Gasteiger charge is -2.05. The number of primary amides is 1. The lowest BCUT2D eigenvalue weighted by molar-refractivity contribution is 0.1000. The largest absolute Gasteiger partial charge is 0.366 e. The zero-order chi connectivity index (χ0) is 16.4. The molecule has 0 atom stereocenters. The van der Waals surface area contributed by atoms with Gasteiger partial charge in [0.1, 0.15) is 5.03 Å². The number of rotatable bonds is 4. The van der Waals surface area contributed by atoms with Gasteiger partial charge in [-0.05, 0) is 52.5 Å². The fraction of sp³-hybridized carbons (Fsp3) is 0. The quantitative estimate of drug-likeness (QED) is 0.708. The molecule has 7 nitrogen and oxygen atoms in total. The number of aromatic nitrogens is 5. The Labute approximate surface area is 148 Å². The first kappa shape index (κ1) is 15.9.